The molecule has 1 heterocycles. The zero-order valence-corrected chi connectivity index (χ0v) is 12.5. The van der Waals surface area contributed by atoms with Crippen LogP contribution < -0.4 is 14.8 Å². The summed E-state index contributed by atoms with van der Waals surface area (Å²) in [5, 5.41) is 14.0. The van der Waals surface area contributed by atoms with Crippen molar-refractivity contribution in [1.82, 2.24) is 0 Å². The molecule has 1 N–H and O–H groups in total. The summed E-state index contributed by atoms with van der Waals surface area (Å²) in [5.74, 6) is -0.872. The molecule has 0 unspecified atom stereocenters. The Labute approximate surface area is 133 Å². The highest BCUT2D eigenvalue weighted by molar-refractivity contribution is 5.95. The number of para-hydroxylation sites is 2. The average Bonchev–Trinajstić information content (AvgIpc) is 2.55. The maximum Gasteiger partial charge on any atom is 0.405 e. The fourth-order valence-electron chi connectivity index (χ4n) is 1.83. The summed E-state index contributed by atoms with van der Waals surface area (Å²) in [4.78, 5) is 23.6. The summed E-state index contributed by atoms with van der Waals surface area (Å²) >= 11 is 0. The number of amides is 1. The molecule has 7 nitrogen and oxygen atoms in total. The lowest BCUT2D eigenvalue weighted by Gasteiger charge is -2.11. The lowest BCUT2D eigenvalue weighted by molar-refractivity contribution is -0.608. The van der Waals surface area contributed by atoms with Gasteiger partial charge in [0.15, 0.2) is 12.8 Å². The number of carbonyl (C=O) groups is 2. The first-order valence-electron chi connectivity index (χ1n) is 6.98. The number of rotatable bonds is 6. The van der Waals surface area contributed by atoms with Crippen molar-refractivity contribution in [2.24, 2.45) is 0 Å². The van der Waals surface area contributed by atoms with E-state index in [0.29, 0.717) is 22.8 Å². The van der Waals surface area contributed by atoms with Crippen molar-refractivity contribution in [3.05, 3.63) is 59.6 Å². The Morgan fingerprint density at radius 3 is 2.65 bits per heavy atom. The van der Waals surface area contributed by atoms with Crippen LogP contribution in [0, 0.1) is 5.21 Å². The van der Waals surface area contributed by atoms with E-state index < -0.39 is 18.5 Å². The molecule has 7 heteroatoms. The highest BCUT2D eigenvalue weighted by Gasteiger charge is 2.18. The third-order valence-corrected chi connectivity index (χ3v) is 2.83. The second kappa shape index (κ2) is 7.79. The van der Waals surface area contributed by atoms with E-state index in [-0.39, 0.29) is 5.69 Å². The van der Waals surface area contributed by atoms with Crippen LogP contribution in [0.1, 0.15) is 17.4 Å². The number of pyridine rings is 1. The number of esters is 1. The molecule has 0 fully saturated rings. The molecular formula is C16H16N2O5. The van der Waals surface area contributed by atoms with Gasteiger partial charge in [-0.2, -0.15) is 4.73 Å². The first-order valence-corrected chi connectivity index (χ1v) is 6.98. The van der Waals surface area contributed by atoms with Gasteiger partial charge in [0, 0.05) is 12.1 Å². The molecule has 0 aliphatic rings. The van der Waals surface area contributed by atoms with E-state index >= 15 is 0 Å². The quantitative estimate of drug-likeness (QED) is 0.495. The molecule has 23 heavy (non-hydrogen) atoms. The van der Waals surface area contributed by atoms with Gasteiger partial charge in [-0.1, -0.05) is 12.1 Å². The summed E-state index contributed by atoms with van der Waals surface area (Å²) < 4.78 is 10.6. The third kappa shape index (κ3) is 4.44. The maximum absolute atomic E-state index is 11.9. The molecule has 2 rings (SSSR count). The molecule has 0 saturated carbocycles. The topological polar surface area (TPSA) is 91.6 Å². The number of hydrogen-bond donors (Lipinski definition) is 1. The molecule has 0 spiro atoms. The van der Waals surface area contributed by atoms with Crippen LogP contribution in [0.3, 0.4) is 0 Å². The van der Waals surface area contributed by atoms with E-state index in [9.17, 15) is 14.8 Å². The second-order valence-corrected chi connectivity index (χ2v) is 4.47. The monoisotopic (exact) mass is 316 g/mol. The molecule has 0 bridgehead atoms. The van der Waals surface area contributed by atoms with Crippen molar-refractivity contribution in [1.29, 1.82) is 0 Å². The predicted molar refractivity (Wildman–Crippen MR) is 81.9 cm³/mol. The van der Waals surface area contributed by atoms with Gasteiger partial charge in [-0.25, -0.2) is 4.79 Å². The van der Waals surface area contributed by atoms with Gasteiger partial charge in [0.25, 0.3) is 5.91 Å². The van der Waals surface area contributed by atoms with Crippen molar-refractivity contribution in [2.75, 3.05) is 18.5 Å². The highest BCUT2D eigenvalue weighted by atomic mass is 16.5. The average molecular weight is 316 g/mol. The lowest BCUT2D eigenvalue weighted by atomic mass is 10.3. The third-order valence-electron chi connectivity index (χ3n) is 2.83. The van der Waals surface area contributed by atoms with Gasteiger partial charge in [-0.3, -0.25) is 4.79 Å². The molecule has 0 aliphatic heterocycles. The highest BCUT2D eigenvalue weighted by Crippen LogP contribution is 2.23. The van der Waals surface area contributed by atoms with E-state index in [2.05, 4.69) is 5.32 Å². The van der Waals surface area contributed by atoms with Crippen LogP contribution in [0.5, 0.6) is 5.75 Å². The predicted octanol–water partition coefficient (Wildman–Crippen LogP) is 1.51. The largest absolute Gasteiger partial charge is 0.618 e. The van der Waals surface area contributed by atoms with Crippen molar-refractivity contribution >= 4 is 17.6 Å². The number of hydrogen-bond acceptors (Lipinski definition) is 5. The fourth-order valence-corrected chi connectivity index (χ4v) is 1.83. The fraction of sp³-hybridized carbons (Fsp3) is 0.188. The number of benzene rings is 1. The zero-order chi connectivity index (χ0) is 16.7. The number of nitrogens with zero attached hydrogens (tertiary/aromatic N) is 1. The Bertz CT molecular complexity index is 702. The van der Waals surface area contributed by atoms with Gasteiger partial charge >= 0.3 is 11.7 Å². The summed E-state index contributed by atoms with van der Waals surface area (Å²) in [7, 11) is 0. The summed E-state index contributed by atoms with van der Waals surface area (Å²) in [5.41, 5.74) is 0.295. The van der Waals surface area contributed by atoms with Gasteiger partial charge < -0.3 is 20.0 Å². The minimum absolute atomic E-state index is 0.185. The van der Waals surface area contributed by atoms with Gasteiger partial charge in [0.2, 0.25) is 0 Å². The van der Waals surface area contributed by atoms with Crippen LogP contribution in [-0.2, 0) is 9.53 Å². The zero-order valence-electron chi connectivity index (χ0n) is 12.5. The van der Waals surface area contributed by atoms with Crippen LogP contribution in [0.2, 0.25) is 0 Å². The summed E-state index contributed by atoms with van der Waals surface area (Å²) in [6.45, 7) is 1.78. The van der Waals surface area contributed by atoms with Crippen LogP contribution >= 0.6 is 0 Å². The molecule has 0 atom stereocenters. The first-order chi connectivity index (χ1) is 11.1. The molecule has 0 radical (unpaired) electrons. The van der Waals surface area contributed by atoms with Crippen molar-refractivity contribution in [2.45, 2.75) is 6.92 Å². The Kier molecular flexibility index (Phi) is 5.51. The van der Waals surface area contributed by atoms with E-state index in [1.54, 1.807) is 24.3 Å². The molecule has 120 valence electrons. The van der Waals surface area contributed by atoms with E-state index in [0.717, 1.165) is 0 Å². The van der Waals surface area contributed by atoms with Crippen LogP contribution in [0.4, 0.5) is 5.69 Å². The molecule has 0 saturated heterocycles. The lowest BCUT2D eigenvalue weighted by Crippen LogP contribution is -2.35. The Morgan fingerprint density at radius 1 is 1.17 bits per heavy atom. The minimum atomic E-state index is -0.867. The molecule has 0 aliphatic carbocycles. The van der Waals surface area contributed by atoms with Crippen LogP contribution in [-0.4, -0.2) is 25.1 Å². The normalized spacial score (nSPS) is 9.96. The Hall–Kier alpha value is -3.09. The SMILES string of the molecule is CCOc1ccccc1NC(=O)COC(=O)c1cccc[n+]1[O-]. The van der Waals surface area contributed by atoms with Crippen molar-refractivity contribution in [3.8, 4) is 5.75 Å². The van der Waals surface area contributed by atoms with Gasteiger partial charge in [-0.15, -0.1) is 0 Å². The van der Waals surface area contributed by atoms with Gasteiger partial charge in [0.1, 0.15) is 5.75 Å². The van der Waals surface area contributed by atoms with E-state index in [1.165, 1.54) is 24.4 Å². The van der Waals surface area contributed by atoms with Crippen molar-refractivity contribution in [3.63, 3.8) is 0 Å². The summed E-state index contributed by atoms with van der Waals surface area (Å²) in [6.07, 6.45) is 1.18. The number of carbonyl (C=O) groups excluding carboxylic acids is 2. The number of aromatic nitrogens is 1. The van der Waals surface area contributed by atoms with Gasteiger partial charge in [-0.05, 0) is 25.1 Å². The van der Waals surface area contributed by atoms with Crippen molar-refractivity contribution < 1.29 is 23.8 Å². The molecule has 1 aromatic heterocycles. The Balaban J connectivity index is 1.93. The molecule has 2 aromatic rings. The smallest absolute Gasteiger partial charge is 0.405 e. The second-order valence-electron chi connectivity index (χ2n) is 4.47. The number of anilines is 1. The summed E-state index contributed by atoms with van der Waals surface area (Å²) in [6, 6.07) is 11.3. The maximum atomic E-state index is 11.9. The molecular weight excluding hydrogens is 300 g/mol. The molecule has 1 aromatic carbocycles. The number of ether oxygens (including phenoxy) is 2. The van der Waals surface area contributed by atoms with Crippen LogP contribution in [0.25, 0.3) is 0 Å². The Morgan fingerprint density at radius 2 is 1.91 bits per heavy atom. The van der Waals surface area contributed by atoms with E-state index in [1.807, 2.05) is 6.92 Å². The molecule has 1 amide bonds. The van der Waals surface area contributed by atoms with Crippen LogP contribution in [0.15, 0.2) is 48.7 Å². The minimum Gasteiger partial charge on any atom is -0.618 e. The first kappa shape index (κ1) is 16.3. The van der Waals surface area contributed by atoms with Gasteiger partial charge in [0.05, 0.1) is 12.3 Å². The number of nitrogens with one attached hydrogen (secondary N) is 1. The standard InChI is InChI=1S/C16H16N2O5/c1-2-22-14-9-4-3-7-12(14)17-15(19)11-23-16(20)13-8-5-6-10-18(13)21/h3-10H,2,11H2,1H3,(H,17,19). The van der Waals surface area contributed by atoms with E-state index in [4.69, 9.17) is 9.47 Å².